The minimum atomic E-state index is -3.45. The number of hydrogen-bond acceptors (Lipinski definition) is 4. The van der Waals surface area contributed by atoms with Gasteiger partial charge in [0.1, 0.15) is 4.90 Å². The van der Waals surface area contributed by atoms with Crippen molar-refractivity contribution in [1.82, 2.24) is 19.8 Å². The van der Waals surface area contributed by atoms with Crippen molar-refractivity contribution in [2.24, 2.45) is 0 Å². The highest BCUT2D eigenvalue weighted by molar-refractivity contribution is 7.89. The Morgan fingerprint density at radius 3 is 2.72 bits per heavy atom. The topological polar surface area (TPSA) is 78.1 Å². The summed E-state index contributed by atoms with van der Waals surface area (Å²) in [6.45, 7) is 7.00. The molecule has 1 atom stereocenters. The number of aryl methyl sites for hydroxylation is 1. The van der Waals surface area contributed by atoms with Crippen LogP contribution in [0.15, 0.2) is 11.1 Å². The van der Waals surface area contributed by atoms with E-state index in [1.54, 1.807) is 6.92 Å². The first kappa shape index (κ1) is 15.1. The van der Waals surface area contributed by atoms with E-state index in [0.29, 0.717) is 24.8 Å². The lowest BCUT2D eigenvalue weighted by atomic mass is 10.2. The van der Waals surface area contributed by atoms with Crippen LogP contribution in [0.1, 0.15) is 26.0 Å². The molecule has 0 aromatic carbocycles. The van der Waals surface area contributed by atoms with Gasteiger partial charge < -0.3 is 4.90 Å². The van der Waals surface area contributed by atoms with Crippen molar-refractivity contribution in [3.05, 3.63) is 11.9 Å². The molecule has 6 nitrogen and oxygen atoms in total. The minimum Gasteiger partial charge on any atom is -0.302 e. The van der Waals surface area contributed by atoms with Gasteiger partial charge in [-0.15, -0.1) is 0 Å². The first-order valence-electron chi connectivity index (χ1n) is 6.08. The standard InChI is InChI=1S/C11H22N4O2S/c1-5-9(2)15(4)7-6-13-18(16,17)11-8-12-14-10(11)3/h8-9,13H,5-7H2,1-4H3,(H,12,14). The Balaban J connectivity index is 2.52. The van der Waals surface area contributed by atoms with Crippen molar-refractivity contribution in [2.75, 3.05) is 20.1 Å². The fourth-order valence-corrected chi connectivity index (χ4v) is 2.73. The smallest absolute Gasteiger partial charge is 0.243 e. The molecule has 1 unspecified atom stereocenters. The van der Waals surface area contributed by atoms with Crippen molar-refractivity contribution < 1.29 is 8.42 Å². The van der Waals surface area contributed by atoms with Crippen molar-refractivity contribution in [2.45, 2.75) is 38.1 Å². The molecule has 0 fully saturated rings. The Hall–Kier alpha value is -0.920. The minimum absolute atomic E-state index is 0.216. The quantitative estimate of drug-likeness (QED) is 0.768. The van der Waals surface area contributed by atoms with E-state index in [9.17, 15) is 8.42 Å². The molecule has 18 heavy (non-hydrogen) atoms. The second-order valence-electron chi connectivity index (χ2n) is 4.49. The molecule has 1 aromatic heterocycles. The molecule has 0 spiro atoms. The molecular weight excluding hydrogens is 252 g/mol. The molecule has 1 aromatic rings. The number of rotatable bonds is 7. The van der Waals surface area contributed by atoms with Crippen LogP contribution in [0.5, 0.6) is 0 Å². The number of H-pyrrole nitrogens is 1. The van der Waals surface area contributed by atoms with Crippen LogP contribution in [-0.2, 0) is 10.0 Å². The van der Waals surface area contributed by atoms with E-state index in [2.05, 4.69) is 33.7 Å². The van der Waals surface area contributed by atoms with Crippen molar-refractivity contribution in [1.29, 1.82) is 0 Å². The molecule has 0 aliphatic heterocycles. The van der Waals surface area contributed by atoms with Crippen LogP contribution in [-0.4, -0.2) is 49.7 Å². The summed E-state index contributed by atoms with van der Waals surface area (Å²) in [7, 11) is -1.45. The summed E-state index contributed by atoms with van der Waals surface area (Å²) >= 11 is 0. The number of likely N-dealkylation sites (N-methyl/N-ethyl adjacent to an activating group) is 1. The van der Waals surface area contributed by atoms with Crippen LogP contribution in [0.2, 0.25) is 0 Å². The lowest BCUT2D eigenvalue weighted by Crippen LogP contribution is -2.37. The molecule has 104 valence electrons. The van der Waals surface area contributed by atoms with Gasteiger partial charge in [-0.25, -0.2) is 13.1 Å². The Kier molecular flexibility index (Phi) is 5.30. The Morgan fingerprint density at radius 2 is 2.22 bits per heavy atom. The summed E-state index contributed by atoms with van der Waals surface area (Å²) in [5, 5.41) is 6.34. The molecule has 0 aliphatic rings. The van der Waals surface area contributed by atoms with Gasteiger partial charge in [0.2, 0.25) is 10.0 Å². The maximum Gasteiger partial charge on any atom is 0.243 e. The van der Waals surface area contributed by atoms with Gasteiger partial charge in [0, 0.05) is 19.1 Å². The lowest BCUT2D eigenvalue weighted by molar-refractivity contribution is 0.256. The molecule has 0 bridgehead atoms. The molecule has 0 amide bonds. The summed E-state index contributed by atoms with van der Waals surface area (Å²) in [5.74, 6) is 0. The number of sulfonamides is 1. The zero-order valence-corrected chi connectivity index (χ0v) is 12.2. The molecule has 1 rings (SSSR count). The largest absolute Gasteiger partial charge is 0.302 e. The second-order valence-corrected chi connectivity index (χ2v) is 6.23. The summed E-state index contributed by atoms with van der Waals surface area (Å²) in [6, 6.07) is 0.449. The van der Waals surface area contributed by atoms with Crippen LogP contribution in [0.4, 0.5) is 0 Å². The highest BCUT2D eigenvalue weighted by Gasteiger charge is 2.18. The molecule has 0 saturated heterocycles. The number of nitrogens with one attached hydrogen (secondary N) is 2. The Labute approximate surface area is 109 Å². The van der Waals surface area contributed by atoms with Gasteiger partial charge in [-0.3, -0.25) is 5.10 Å². The average molecular weight is 274 g/mol. The number of hydrogen-bond donors (Lipinski definition) is 2. The third kappa shape index (κ3) is 3.79. The summed E-state index contributed by atoms with van der Waals surface area (Å²) in [5.41, 5.74) is 0.554. The summed E-state index contributed by atoms with van der Waals surface area (Å²) in [6.07, 6.45) is 2.38. The van der Waals surface area contributed by atoms with Crippen molar-refractivity contribution in [3.8, 4) is 0 Å². The molecular formula is C11H22N4O2S. The maximum absolute atomic E-state index is 11.9. The highest BCUT2D eigenvalue weighted by atomic mass is 32.2. The van der Waals surface area contributed by atoms with E-state index in [4.69, 9.17) is 0 Å². The van der Waals surface area contributed by atoms with Gasteiger partial charge in [-0.2, -0.15) is 5.10 Å². The Bertz CT molecular complexity index is 469. The van der Waals surface area contributed by atoms with Gasteiger partial charge in [0.15, 0.2) is 0 Å². The zero-order valence-electron chi connectivity index (χ0n) is 11.4. The fourth-order valence-electron chi connectivity index (χ4n) is 1.58. The molecule has 1 heterocycles. The first-order chi connectivity index (χ1) is 8.38. The molecule has 0 radical (unpaired) electrons. The third-order valence-corrected chi connectivity index (χ3v) is 4.75. The van der Waals surface area contributed by atoms with Crippen LogP contribution in [0, 0.1) is 6.92 Å². The third-order valence-electron chi connectivity index (χ3n) is 3.17. The SMILES string of the molecule is CCC(C)N(C)CCNS(=O)(=O)c1cn[nH]c1C. The fraction of sp³-hybridized carbons (Fsp3) is 0.727. The van der Waals surface area contributed by atoms with Crippen LogP contribution < -0.4 is 4.72 Å². The van der Waals surface area contributed by atoms with Gasteiger partial charge >= 0.3 is 0 Å². The van der Waals surface area contributed by atoms with E-state index < -0.39 is 10.0 Å². The molecule has 0 saturated carbocycles. The maximum atomic E-state index is 11.9. The van der Waals surface area contributed by atoms with E-state index in [1.165, 1.54) is 6.20 Å². The Morgan fingerprint density at radius 1 is 1.56 bits per heavy atom. The van der Waals surface area contributed by atoms with E-state index in [-0.39, 0.29) is 4.90 Å². The van der Waals surface area contributed by atoms with E-state index in [1.807, 2.05) is 7.05 Å². The number of nitrogens with zero attached hydrogens (tertiary/aromatic N) is 2. The van der Waals surface area contributed by atoms with Crippen LogP contribution in [0.25, 0.3) is 0 Å². The predicted molar refractivity (Wildman–Crippen MR) is 70.9 cm³/mol. The normalized spacial score (nSPS) is 14.1. The summed E-state index contributed by atoms with van der Waals surface area (Å²) in [4.78, 5) is 2.35. The van der Waals surface area contributed by atoms with Crippen LogP contribution >= 0.6 is 0 Å². The van der Waals surface area contributed by atoms with Crippen molar-refractivity contribution >= 4 is 10.0 Å². The monoisotopic (exact) mass is 274 g/mol. The van der Waals surface area contributed by atoms with Crippen LogP contribution in [0.3, 0.4) is 0 Å². The second kappa shape index (κ2) is 6.31. The van der Waals surface area contributed by atoms with Gasteiger partial charge in [-0.1, -0.05) is 6.92 Å². The number of aromatic amines is 1. The van der Waals surface area contributed by atoms with E-state index in [0.717, 1.165) is 6.42 Å². The summed E-state index contributed by atoms with van der Waals surface area (Å²) < 4.78 is 26.5. The molecule has 0 aliphatic carbocycles. The first-order valence-corrected chi connectivity index (χ1v) is 7.56. The van der Waals surface area contributed by atoms with Gasteiger partial charge in [0.05, 0.1) is 11.9 Å². The molecule has 7 heteroatoms. The molecule has 2 N–H and O–H groups in total. The van der Waals surface area contributed by atoms with Crippen molar-refractivity contribution in [3.63, 3.8) is 0 Å². The zero-order chi connectivity index (χ0) is 13.8. The highest BCUT2D eigenvalue weighted by Crippen LogP contribution is 2.10. The predicted octanol–water partition coefficient (Wildman–Crippen LogP) is 0.727. The van der Waals surface area contributed by atoms with Gasteiger partial charge in [-0.05, 0) is 27.3 Å². The lowest BCUT2D eigenvalue weighted by Gasteiger charge is -2.23. The average Bonchev–Trinajstić information content (AvgIpc) is 2.74. The van der Waals surface area contributed by atoms with Gasteiger partial charge in [0.25, 0.3) is 0 Å². The van der Waals surface area contributed by atoms with E-state index >= 15 is 0 Å². The number of aromatic nitrogens is 2.